The molecule has 0 unspecified atom stereocenters. The lowest BCUT2D eigenvalue weighted by Crippen LogP contribution is -2.43. The van der Waals surface area contributed by atoms with Crippen molar-refractivity contribution in [3.8, 4) is 5.75 Å². The number of rotatable bonds is 4. The second-order valence-corrected chi connectivity index (χ2v) is 5.88. The number of benzene rings is 2. The molecule has 3 aromatic rings. The first-order valence-corrected chi connectivity index (χ1v) is 7.89. The smallest absolute Gasteiger partial charge is 0.286 e. The van der Waals surface area contributed by atoms with Crippen molar-refractivity contribution >= 4 is 22.7 Å². The molecule has 0 atom stereocenters. The van der Waals surface area contributed by atoms with Crippen molar-refractivity contribution in [2.45, 2.75) is 13.8 Å². The van der Waals surface area contributed by atoms with E-state index in [4.69, 9.17) is 4.74 Å². The largest absolute Gasteiger partial charge is 0.484 e. The Hall–Kier alpha value is -3.28. The summed E-state index contributed by atoms with van der Waals surface area (Å²) in [6.07, 6.45) is 0. The summed E-state index contributed by atoms with van der Waals surface area (Å²) in [5, 5.41) is 0.928. The van der Waals surface area contributed by atoms with Gasteiger partial charge in [-0.05, 0) is 49.2 Å². The maximum absolute atomic E-state index is 12.1. The van der Waals surface area contributed by atoms with Gasteiger partial charge in [-0.15, -0.1) is 0 Å². The molecule has 0 fully saturated rings. The number of hydrogen-bond donors (Lipinski definition) is 3. The third kappa shape index (κ3) is 4.17. The van der Waals surface area contributed by atoms with Crippen LogP contribution in [0.15, 0.2) is 48.5 Å². The van der Waals surface area contributed by atoms with Crippen molar-refractivity contribution in [1.29, 1.82) is 0 Å². The molecule has 2 amide bonds. The highest BCUT2D eigenvalue weighted by Gasteiger charge is 2.10. The number of fused-ring (bicyclic) bond motifs is 1. The van der Waals surface area contributed by atoms with E-state index in [-0.39, 0.29) is 6.61 Å². The summed E-state index contributed by atoms with van der Waals surface area (Å²) in [4.78, 5) is 26.9. The van der Waals surface area contributed by atoms with Crippen LogP contribution >= 0.6 is 0 Å². The van der Waals surface area contributed by atoms with Gasteiger partial charge in [-0.2, -0.15) is 0 Å². The minimum Gasteiger partial charge on any atom is -0.484 e. The van der Waals surface area contributed by atoms with Crippen LogP contribution in [0, 0.1) is 13.8 Å². The number of ether oxygens (including phenoxy) is 1. The molecule has 6 heteroatoms. The Morgan fingerprint density at radius 2 is 1.72 bits per heavy atom. The standard InChI is InChI=1S/C19H19N3O3/c1-12-7-13(2)9-15(8-12)25-11-18(23)21-22-19(24)17-10-14-5-3-4-6-16(14)20-17/h3-10,20H,11H2,1-2H3,(H,21,23)(H,22,24). The average molecular weight is 337 g/mol. The van der Waals surface area contributed by atoms with Crippen LogP contribution in [0.3, 0.4) is 0 Å². The van der Waals surface area contributed by atoms with Gasteiger partial charge in [-0.1, -0.05) is 24.3 Å². The summed E-state index contributed by atoms with van der Waals surface area (Å²) >= 11 is 0. The molecule has 0 aliphatic carbocycles. The zero-order chi connectivity index (χ0) is 17.8. The van der Waals surface area contributed by atoms with Crippen molar-refractivity contribution in [1.82, 2.24) is 15.8 Å². The van der Waals surface area contributed by atoms with Crippen LogP contribution in [0.1, 0.15) is 21.6 Å². The number of para-hydroxylation sites is 1. The number of H-pyrrole nitrogens is 1. The highest BCUT2D eigenvalue weighted by atomic mass is 16.5. The van der Waals surface area contributed by atoms with E-state index in [1.165, 1.54) is 0 Å². The van der Waals surface area contributed by atoms with E-state index in [9.17, 15) is 9.59 Å². The average Bonchev–Trinajstić information content (AvgIpc) is 3.01. The summed E-state index contributed by atoms with van der Waals surface area (Å²) < 4.78 is 5.44. The molecule has 0 spiro atoms. The molecular weight excluding hydrogens is 318 g/mol. The monoisotopic (exact) mass is 337 g/mol. The van der Waals surface area contributed by atoms with Gasteiger partial charge in [0.15, 0.2) is 6.61 Å². The normalized spacial score (nSPS) is 10.5. The predicted molar refractivity (Wildman–Crippen MR) is 95.3 cm³/mol. The molecule has 25 heavy (non-hydrogen) atoms. The van der Waals surface area contributed by atoms with E-state index >= 15 is 0 Å². The molecule has 3 N–H and O–H groups in total. The molecule has 1 aromatic heterocycles. The highest BCUT2D eigenvalue weighted by molar-refractivity contribution is 5.98. The van der Waals surface area contributed by atoms with Crippen molar-refractivity contribution in [2.24, 2.45) is 0 Å². The zero-order valence-corrected chi connectivity index (χ0v) is 14.1. The fourth-order valence-corrected chi connectivity index (χ4v) is 2.59. The van der Waals surface area contributed by atoms with E-state index in [0.717, 1.165) is 22.0 Å². The lowest BCUT2D eigenvalue weighted by Gasteiger charge is -2.09. The number of aromatic amines is 1. The van der Waals surface area contributed by atoms with Gasteiger partial charge in [0, 0.05) is 10.9 Å². The highest BCUT2D eigenvalue weighted by Crippen LogP contribution is 2.16. The molecule has 2 aromatic carbocycles. The summed E-state index contributed by atoms with van der Waals surface area (Å²) in [7, 11) is 0. The minimum absolute atomic E-state index is 0.185. The van der Waals surface area contributed by atoms with Gasteiger partial charge in [0.1, 0.15) is 11.4 Å². The van der Waals surface area contributed by atoms with Gasteiger partial charge >= 0.3 is 0 Å². The Kier molecular flexibility index (Phi) is 4.70. The van der Waals surface area contributed by atoms with E-state index in [0.29, 0.717) is 11.4 Å². The first kappa shape index (κ1) is 16.6. The molecule has 0 bridgehead atoms. The fourth-order valence-electron chi connectivity index (χ4n) is 2.59. The van der Waals surface area contributed by atoms with Crippen molar-refractivity contribution in [2.75, 3.05) is 6.61 Å². The number of carbonyl (C=O) groups is 2. The molecule has 3 rings (SSSR count). The predicted octanol–water partition coefficient (Wildman–Crippen LogP) is 2.62. The molecule has 128 valence electrons. The van der Waals surface area contributed by atoms with Crippen LogP contribution in [-0.2, 0) is 4.79 Å². The molecule has 0 aliphatic rings. The number of nitrogens with one attached hydrogen (secondary N) is 3. The van der Waals surface area contributed by atoms with Gasteiger partial charge in [0.2, 0.25) is 0 Å². The van der Waals surface area contributed by atoms with Crippen LogP contribution in [-0.4, -0.2) is 23.4 Å². The van der Waals surface area contributed by atoms with Crippen molar-refractivity contribution in [3.05, 3.63) is 65.4 Å². The van der Waals surface area contributed by atoms with Gasteiger partial charge in [-0.3, -0.25) is 20.4 Å². The summed E-state index contributed by atoms with van der Waals surface area (Å²) in [5.41, 5.74) is 8.06. The molecule has 0 radical (unpaired) electrons. The van der Waals surface area contributed by atoms with Gasteiger partial charge in [-0.25, -0.2) is 0 Å². The molecule has 6 nitrogen and oxygen atoms in total. The Bertz CT molecular complexity index is 877. The topological polar surface area (TPSA) is 83.2 Å². The summed E-state index contributed by atoms with van der Waals surface area (Å²) in [5.74, 6) is -0.242. The van der Waals surface area contributed by atoms with Crippen molar-refractivity contribution in [3.63, 3.8) is 0 Å². The maximum Gasteiger partial charge on any atom is 0.286 e. The Balaban J connectivity index is 1.52. The summed E-state index contributed by atoms with van der Waals surface area (Å²) in [6, 6.07) is 15.0. The minimum atomic E-state index is -0.441. The molecular formula is C19H19N3O3. The number of hydrazine groups is 1. The third-order valence-electron chi connectivity index (χ3n) is 3.66. The second kappa shape index (κ2) is 7.09. The number of amides is 2. The molecule has 0 saturated carbocycles. The Morgan fingerprint density at radius 1 is 1.00 bits per heavy atom. The van der Waals surface area contributed by atoms with Crippen LogP contribution in [0.25, 0.3) is 10.9 Å². The van der Waals surface area contributed by atoms with E-state index in [1.54, 1.807) is 6.07 Å². The SMILES string of the molecule is Cc1cc(C)cc(OCC(=O)NNC(=O)c2cc3ccccc3[nH]2)c1. The first-order valence-electron chi connectivity index (χ1n) is 7.89. The van der Waals surface area contributed by atoms with Gasteiger partial charge < -0.3 is 9.72 Å². The lowest BCUT2D eigenvalue weighted by atomic mass is 10.1. The maximum atomic E-state index is 12.1. The van der Waals surface area contributed by atoms with E-state index in [2.05, 4.69) is 15.8 Å². The van der Waals surface area contributed by atoms with Crippen LogP contribution in [0.2, 0.25) is 0 Å². The first-order chi connectivity index (χ1) is 12.0. The second-order valence-electron chi connectivity index (χ2n) is 5.88. The molecule has 0 aliphatic heterocycles. The molecule has 1 heterocycles. The fraction of sp³-hybridized carbons (Fsp3) is 0.158. The van der Waals surface area contributed by atoms with Crippen molar-refractivity contribution < 1.29 is 14.3 Å². The van der Waals surface area contributed by atoms with Crippen LogP contribution < -0.4 is 15.6 Å². The summed E-state index contributed by atoms with van der Waals surface area (Å²) in [6.45, 7) is 3.73. The van der Waals surface area contributed by atoms with E-state index < -0.39 is 11.8 Å². The van der Waals surface area contributed by atoms with Crippen LogP contribution in [0.5, 0.6) is 5.75 Å². The Morgan fingerprint density at radius 3 is 2.44 bits per heavy atom. The van der Waals surface area contributed by atoms with Crippen LogP contribution in [0.4, 0.5) is 0 Å². The quantitative estimate of drug-likeness (QED) is 0.640. The third-order valence-corrected chi connectivity index (χ3v) is 3.66. The lowest BCUT2D eigenvalue weighted by molar-refractivity contribution is -0.123. The number of carbonyl (C=O) groups excluding carboxylic acids is 2. The number of aromatic nitrogens is 1. The van der Waals surface area contributed by atoms with Gasteiger partial charge in [0.05, 0.1) is 0 Å². The zero-order valence-electron chi connectivity index (χ0n) is 14.1. The van der Waals surface area contributed by atoms with E-state index in [1.807, 2.05) is 56.3 Å². The molecule has 0 saturated heterocycles. The number of hydrogen-bond acceptors (Lipinski definition) is 3. The number of aryl methyl sites for hydroxylation is 2. The van der Waals surface area contributed by atoms with Gasteiger partial charge in [0.25, 0.3) is 11.8 Å². The Labute approximate surface area is 145 Å².